The van der Waals surface area contributed by atoms with E-state index in [-0.39, 0.29) is 0 Å². The van der Waals surface area contributed by atoms with Crippen LogP contribution >= 0.6 is 12.2 Å². The van der Waals surface area contributed by atoms with Crippen molar-refractivity contribution in [3.05, 3.63) is 29.8 Å². The van der Waals surface area contributed by atoms with Crippen molar-refractivity contribution in [3.63, 3.8) is 0 Å². The van der Waals surface area contributed by atoms with Crippen LogP contribution in [0.1, 0.15) is 45.1 Å². The molecule has 0 unspecified atom stereocenters. The number of nitrogens with one attached hydrogen (secondary N) is 2. The first-order chi connectivity index (χ1) is 11.3. The highest BCUT2D eigenvalue weighted by Crippen LogP contribution is 2.23. The van der Waals surface area contributed by atoms with Crippen LogP contribution in [0.3, 0.4) is 0 Å². The summed E-state index contributed by atoms with van der Waals surface area (Å²) in [6, 6.07) is 7.07. The number of hydrazone groups is 1. The van der Waals surface area contributed by atoms with Gasteiger partial charge in [0.1, 0.15) is 0 Å². The molecule has 0 spiro atoms. The fourth-order valence-electron chi connectivity index (χ4n) is 2.87. The van der Waals surface area contributed by atoms with E-state index in [9.17, 15) is 8.42 Å². The van der Waals surface area contributed by atoms with Crippen molar-refractivity contribution in [2.24, 2.45) is 11.0 Å². The summed E-state index contributed by atoms with van der Waals surface area (Å²) in [4.78, 5) is 0.301. The van der Waals surface area contributed by atoms with Crippen LogP contribution in [0.4, 0.5) is 0 Å². The van der Waals surface area contributed by atoms with Crippen LogP contribution in [0.5, 0.6) is 0 Å². The van der Waals surface area contributed by atoms with Gasteiger partial charge >= 0.3 is 0 Å². The molecule has 0 aliphatic heterocycles. The highest BCUT2D eigenvalue weighted by Gasteiger charge is 2.21. The number of benzene rings is 1. The first kappa shape index (κ1) is 18.9. The van der Waals surface area contributed by atoms with Crippen LogP contribution in [-0.4, -0.2) is 31.5 Å². The van der Waals surface area contributed by atoms with E-state index >= 15 is 0 Å². The van der Waals surface area contributed by atoms with Gasteiger partial charge in [-0.3, -0.25) is 5.43 Å². The predicted molar refractivity (Wildman–Crippen MR) is 102 cm³/mol. The number of nitrogens with zero attached hydrogens (tertiary/aromatic N) is 1. The average molecular weight is 368 g/mol. The van der Waals surface area contributed by atoms with Gasteiger partial charge < -0.3 is 5.32 Å². The van der Waals surface area contributed by atoms with Crippen molar-refractivity contribution in [2.75, 3.05) is 6.26 Å². The van der Waals surface area contributed by atoms with E-state index in [2.05, 4.69) is 22.8 Å². The Bertz CT molecular complexity index is 712. The molecule has 0 bridgehead atoms. The number of sulfone groups is 1. The molecule has 1 saturated carbocycles. The first-order valence-electron chi connectivity index (χ1n) is 8.18. The lowest BCUT2D eigenvalue weighted by Gasteiger charge is -2.30. The number of thiocarbonyl (C=S) groups is 1. The van der Waals surface area contributed by atoms with Crippen LogP contribution in [0.2, 0.25) is 0 Å². The third kappa shape index (κ3) is 5.27. The van der Waals surface area contributed by atoms with Crippen LogP contribution in [-0.2, 0) is 9.84 Å². The summed E-state index contributed by atoms with van der Waals surface area (Å²) in [7, 11) is -3.18. The molecule has 0 heterocycles. The first-order valence-corrected chi connectivity index (χ1v) is 10.5. The summed E-state index contributed by atoms with van der Waals surface area (Å²) in [6.45, 7) is 4.10. The Labute approximate surface area is 149 Å². The van der Waals surface area contributed by atoms with Crippen molar-refractivity contribution < 1.29 is 8.42 Å². The van der Waals surface area contributed by atoms with Crippen molar-refractivity contribution >= 4 is 32.9 Å². The van der Waals surface area contributed by atoms with E-state index < -0.39 is 9.84 Å². The van der Waals surface area contributed by atoms with Crippen molar-refractivity contribution in [3.8, 4) is 0 Å². The molecule has 1 aromatic carbocycles. The standard InChI is InChI=1S/C17H25N3O2S2/c1-12-6-4-5-7-16(12)18-17(23)20-19-13(2)14-8-10-15(11-9-14)24(3,21)22/h8-12,16H,4-7H2,1-3H3,(H2,18,20,23)/b19-13-/t12-,16-/m1/s1. The second-order valence-electron chi connectivity index (χ2n) is 6.45. The van der Waals surface area contributed by atoms with Crippen LogP contribution in [0.15, 0.2) is 34.3 Å². The van der Waals surface area contributed by atoms with Gasteiger partial charge in [-0.1, -0.05) is 31.9 Å². The van der Waals surface area contributed by atoms with Gasteiger partial charge in [-0.15, -0.1) is 0 Å². The van der Waals surface area contributed by atoms with E-state index in [0.717, 1.165) is 17.7 Å². The molecule has 5 nitrogen and oxygen atoms in total. The van der Waals surface area contributed by atoms with Gasteiger partial charge in [0.25, 0.3) is 0 Å². The van der Waals surface area contributed by atoms with E-state index in [4.69, 9.17) is 12.2 Å². The van der Waals surface area contributed by atoms with Gasteiger partial charge in [-0.2, -0.15) is 5.10 Å². The topological polar surface area (TPSA) is 70.6 Å². The zero-order valence-corrected chi connectivity index (χ0v) is 16.0. The minimum atomic E-state index is -3.18. The summed E-state index contributed by atoms with van der Waals surface area (Å²) in [5.41, 5.74) is 4.48. The maximum Gasteiger partial charge on any atom is 0.187 e. The van der Waals surface area contributed by atoms with E-state index in [1.807, 2.05) is 6.92 Å². The molecule has 1 aliphatic carbocycles. The molecule has 7 heteroatoms. The van der Waals surface area contributed by atoms with Crippen LogP contribution in [0.25, 0.3) is 0 Å². The second-order valence-corrected chi connectivity index (χ2v) is 8.87. The monoisotopic (exact) mass is 367 g/mol. The van der Waals surface area contributed by atoms with Gasteiger partial charge in [0, 0.05) is 12.3 Å². The number of hydrogen-bond donors (Lipinski definition) is 2. The van der Waals surface area contributed by atoms with Crippen LogP contribution < -0.4 is 10.7 Å². The quantitative estimate of drug-likeness (QED) is 0.486. The fourth-order valence-corrected chi connectivity index (χ4v) is 3.70. The van der Waals surface area contributed by atoms with E-state index in [1.165, 1.54) is 25.5 Å². The SMILES string of the molecule is C/C(=N/NC(=S)N[C@@H]1CCCC[C@H]1C)c1ccc(S(C)(=O)=O)cc1. The van der Waals surface area contributed by atoms with Crippen molar-refractivity contribution in [1.82, 2.24) is 10.7 Å². The molecule has 2 rings (SSSR count). The fraction of sp³-hybridized carbons (Fsp3) is 0.529. The van der Waals surface area contributed by atoms with Crippen molar-refractivity contribution in [2.45, 2.75) is 50.5 Å². The molecule has 1 fully saturated rings. The predicted octanol–water partition coefficient (Wildman–Crippen LogP) is 2.86. The lowest BCUT2D eigenvalue weighted by atomic mass is 9.86. The van der Waals surface area contributed by atoms with Gasteiger partial charge in [-0.05, 0) is 55.6 Å². The molecule has 24 heavy (non-hydrogen) atoms. The smallest absolute Gasteiger partial charge is 0.187 e. The highest BCUT2D eigenvalue weighted by molar-refractivity contribution is 7.90. The summed E-state index contributed by atoms with van der Waals surface area (Å²) >= 11 is 5.32. The maximum atomic E-state index is 11.5. The molecule has 1 aromatic rings. The molecule has 0 radical (unpaired) electrons. The van der Waals surface area contributed by atoms with Gasteiger partial charge in [0.05, 0.1) is 10.6 Å². The summed E-state index contributed by atoms with van der Waals surface area (Å²) < 4.78 is 23.0. The van der Waals surface area contributed by atoms with Crippen molar-refractivity contribution in [1.29, 1.82) is 0 Å². The highest BCUT2D eigenvalue weighted by atomic mass is 32.2. The molecule has 0 aromatic heterocycles. The Morgan fingerprint density at radius 2 is 1.83 bits per heavy atom. The zero-order chi connectivity index (χ0) is 17.7. The Balaban J connectivity index is 1.94. The average Bonchev–Trinajstić information content (AvgIpc) is 2.54. The van der Waals surface area contributed by atoms with Gasteiger partial charge in [-0.25, -0.2) is 8.42 Å². The minimum absolute atomic E-state index is 0.301. The Kier molecular flexibility index (Phi) is 6.34. The largest absolute Gasteiger partial charge is 0.358 e. The molecular formula is C17H25N3O2S2. The summed E-state index contributed by atoms with van der Waals surface area (Å²) in [5.74, 6) is 0.618. The summed E-state index contributed by atoms with van der Waals surface area (Å²) in [5, 5.41) is 8.16. The third-order valence-electron chi connectivity index (χ3n) is 4.45. The number of hydrogen-bond acceptors (Lipinski definition) is 4. The van der Waals surface area contributed by atoms with E-state index in [1.54, 1.807) is 24.3 Å². The molecule has 2 N–H and O–H groups in total. The maximum absolute atomic E-state index is 11.5. The lowest BCUT2D eigenvalue weighted by molar-refractivity contribution is 0.308. The third-order valence-corrected chi connectivity index (χ3v) is 5.79. The molecule has 0 amide bonds. The Hall–Kier alpha value is -1.47. The molecular weight excluding hydrogens is 342 g/mol. The Morgan fingerprint density at radius 1 is 1.21 bits per heavy atom. The molecule has 2 atom stereocenters. The normalized spacial score (nSPS) is 22.0. The number of rotatable bonds is 4. The van der Waals surface area contributed by atoms with Gasteiger partial charge in [0.15, 0.2) is 14.9 Å². The van der Waals surface area contributed by atoms with Crippen LogP contribution in [0, 0.1) is 5.92 Å². The van der Waals surface area contributed by atoms with E-state index in [0.29, 0.717) is 22.0 Å². The molecule has 1 aliphatic rings. The molecule has 132 valence electrons. The lowest BCUT2D eigenvalue weighted by Crippen LogP contribution is -2.44. The zero-order valence-electron chi connectivity index (χ0n) is 14.4. The Morgan fingerprint density at radius 3 is 2.42 bits per heavy atom. The minimum Gasteiger partial charge on any atom is -0.358 e. The molecule has 0 saturated heterocycles. The second kappa shape index (κ2) is 8.07. The summed E-state index contributed by atoms with van der Waals surface area (Å²) in [6.07, 6.45) is 6.09. The van der Waals surface area contributed by atoms with Gasteiger partial charge in [0.2, 0.25) is 0 Å².